The number of rotatable bonds is 10. The van der Waals surface area contributed by atoms with Crippen molar-refractivity contribution in [1.29, 1.82) is 0 Å². The van der Waals surface area contributed by atoms with Gasteiger partial charge in [-0.1, -0.05) is 6.07 Å². The van der Waals surface area contributed by atoms with Gasteiger partial charge in [-0.25, -0.2) is 5.43 Å². The van der Waals surface area contributed by atoms with E-state index in [2.05, 4.69) is 15.8 Å². The van der Waals surface area contributed by atoms with Crippen molar-refractivity contribution in [3.8, 4) is 11.5 Å². The van der Waals surface area contributed by atoms with E-state index in [1.807, 2.05) is 20.8 Å². The number of benzene rings is 2. The molecule has 0 aliphatic heterocycles. The van der Waals surface area contributed by atoms with Gasteiger partial charge in [0.2, 0.25) is 11.8 Å². The summed E-state index contributed by atoms with van der Waals surface area (Å²) in [7, 11) is 0. The van der Waals surface area contributed by atoms with Gasteiger partial charge in [-0.05, 0) is 62.7 Å². The van der Waals surface area contributed by atoms with E-state index in [4.69, 9.17) is 9.47 Å². The maximum Gasteiger partial charge on any atom is 0.416 e. The Morgan fingerprint density at radius 3 is 2.45 bits per heavy atom. The average molecular weight is 465 g/mol. The lowest BCUT2D eigenvalue weighted by molar-refractivity contribution is -0.137. The molecule has 0 aromatic heterocycles. The molecule has 0 bridgehead atoms. The number of hydrogen-bond donors (Lipinski definition) is 2. The summed E-state index contributed by atoms with van der Waals surface area (Å²) in [5.41, 5.74) is 2.10. The van der Waals surface area contributed by atoms with Crippen LogP contribution in [0.1, 0.15) is 44.7 Å². The summed E-state index contributed by atoms with van der Waals surface area (Å²) in [6.45, 7) is 6.11. The highest BCUT2D eigenvalue weighted by Gasteiger charge is 2.30. The van der Waals surface area contributed by atoms with Crippen LogP contribution in [-0.4, -0.2) is 30.7 Å². The monoisotopic (exact) mass is 465 g/mol. The van der Waals surface area contributed by atoms with Crippen molar-refractivity contribution in [2.75, 3.05) is 11.9 Å². The van der Waals surface area contributed by atoms with Crippen molar-refractivity contribution in [1.82, 2.24) is 5.43 Å². The Morgan fingerprint density at radius 2 is 1.79 bits per heavy atom. The number of hydrazone groups is 1. The quantitative estimate of drug-likeness (QED) is 0.391. The van der Waals surface area contributed by atoms with Gasteiger partial charge < -0.3 is 14.8 Å². The summed E-state index contributed by atoms with van der Waals surface area (Å²) in [6.07, 6.45) is -3.51. The smallest absolute Gasteiger partial charge is 0.416 e. The molecule has 0 aliphatic rings. The third-order valence-electron chi connectivity index (χ3n) is 4.09. The Labute approximate surface area is 190 Å². The zero-order valence-electron chi connectivity index (χ0n) is 18.5. The molecule has 10 heteroatoms. The number of halogens is 3. The van der Waals surface area contributed by atoms with E-state index in [1.54, 1.807) is 18.2 Å². The zero-order valence-corrected chi connectivity index (χ0v) is 18.5. The average Bonchev–Trinajstić information content (AvgIpc) is 2.73. The van der Waals surface area contributed by atoms with Crippen molar-refractivity contribution in [2.45, 2.75) is 45.9 Å². The lowest BCUT2D eigenvalue weighted by atomic mass is 10.2. The standard InChI is InChI=1S/C23H26F3N3O4/c1-4-32-20-12-16(8-9-19(20)33-15(2)3)14-27-29-22(31)11-10-21(30)28-18-7-5-6-17(13-18)23(24,25)26/h5-9,12-15H,4,10-11H2,1-3H3,(H,28,30)(H,29,31). The van der Waals surface area contributed by atoms with Gasteiger partial charge in [-0.15, -0.1) is 0 Å². The van der Waals surface area contributed by atoms with Crippen LogP contribution in [0.2, 0.25) is 0 Å². The fourth-order valence-corrected chi connectivity index (χ4v) is 2.68. The summed E-state index contributed by atoms with van der Waals surface area (Å²) in [6, 6.07) is 9.48. The summed E-state index contributed by atoms with van der Waals surface area (Å²) >= 11 is 0. The largest absolute Gasteiger partial charge is 0.490 e. The molecule has 0 saturated carbocycles. The van der Waals surface area contributed by atoms with E-state index in [9.17, 15) is 22.8 Å². The zero-order chi connectivity index (χ0) is 24.4. The number of carbonyl (C=O) groups excluding carboxylic acids is 2. The van der Waals surface area contributed by atoms with Crippen molar-refractivity contribution in [2.24, 2.45) is 5.10 Å². The van der Waals surface area contributed by atoms with Crippen LogP contribution in [0, 0.1) is 0 Å². The van der Waals surface area contributed by atoms with Gasteiger partial charge in [0.25, 0.3) is 0 Å². The minimum absolute atomic E-state index is 0.00301. The first-order chi connectivity index (χ1) is 15.6. The number of carbonyl (C=O) groups is 2. The number of ether oxygens (including phenoxy) is 2. The third kappa shape index (κ3) is 8.83. The van der Waals surface area contributed by atoms with Gasteiger partial charge in [0, 0.05) is 18.5 Å². The Balaban J connectivity index is 1.85. The fourth-order valence-electron chi connectivity index (χ4n) is 2.68. The Morgan fingerprint density at radius 1 is 1.06 bits per heavy atom. The molecular formula is C23H26F3N3O4. The molecule has 2 rings (SSSR count). The molecule has 0 radical (unpaired) electrons. The van der Waals surface area contributed by atoms with Gasteiger partial charge in [0.15, 0.2) is 11.5 Å². The summed E-state index contributed by atoms with van der Waals surface area (Å²) in [5, 5.41) is 6.20. The Bertz CT molecular complexity index is 991. The Kier molecular flexibility index (Phi) is 9.26. The van der Waals surface area contributed by atoms with Crippen molar-refractivity contribution >= 4 is 23.7 Å². The molecule has 2 aromatic rings. The number of alkyl halides is 3. The van der Waals surface area contributed by atoms with Crippen LogP contribution >= 0.6 is 0 Å². The van der Waals surface area contributed by atoms with Gasteiger partial charge in [0.05, 0.1) is 24.5 Å². The highest BCUT2D eigenvalue weighted by atomic mass is 19.4. The first kappa shape index (κ1) is 25.7. The minimum Gasteiger partial charge on any atom is -0.490 e. The first-order valence-corrected chi connectivity index (χ1v) is 10.3. The first-order valence-electron chi connectivity index (χ1n) is 10.3. The molecule has 2 aromatic carbocycles. The van der Waals surface area contributed by atoms with Crippen LogP contribution in [-0.2, 0) is 15.8 Å². The number of anilines is 1. The number of nitrogens with one attached hydrogen (secondary N) is 2. The SMILES string of the molecule is CCOc1cc(C=NNC(=O)CCC(=O)Nc2cccc(C(F)(F)F)c2)ccc1OC(C)C. The minimum atomic E-state index is -4.51. The van der Waals surface area contributed by atoms with Crippen LogP contribution < -0.4 is 20.2 Å². The Hall–Kier alpha value is -3.56. The summed E-state index contributed by atoms with van der Waals surface area (Å²) in [4.78, 5) is 23.9. The second-order valence-electron chi connectivity index (χ2n) is 7.23. The van der Waals surface area contributed by atoms with Crippen LogP contribution in [0.3, 0.4) is 0 Å². The van der Waals surface area contributed by atoms with Crippen LogP contribution in [0.5, 0.6) is 11.5 Å². The number of amides is 2. The second kappa shape index (κ2) is 11.9. The van der Waals surface area contributed by atoms with E-state index in [0.717, 1.165) is 12.1 Å². The van der Waals surface area contributed by atoms with Crippen molar-refractivity contribution in [3.63, 3.8) is 0 Å². The molecule has 0 atom stereocenters. The lowest BCUT2D eigenvalue weighted by Gasteiger charge is -2.14. The maximum absolute atomic E-state index is 12.7. The van der Waals surface area contributed by atoms with E-state index in [0.29, 0.717) is 23.7 Å². The van der Waals surface area contributed by atoms with Gasteiger partial charge in [-0.2, -0.15) is 18.3 Å². The molecule has 0 aliphatic carbocycles. The van der Waals surface area contributed by atoms with Gasteiger partial charge in [-0.3, -0.25) is 9.59 Å². The van der Waals surface area contributed by atoms with E-state index in [1.165, 1.54) is 18.3 Å². The lowest BCUT2D eigenvalue weighted by Crippen LogP contribution is -2.20. The second-order valence-corrected chi connectivity index (χ2v) is 7.23. The molecule has 0 unspecified atom stereocenters. The van der Waals surface area contributed by atoms with E-state index < -0.39 is 23.6 Å². The van der Waals surface area contributed by atoms with Gasteiger partial charge >= 0.3 is 6.18 Å². The van der Waals surface area contributed by atoms with Crippen LogP contribution in [0.25, 0.3) is 0 Å². The molecule has 0 saturated heterocycles. The molecule has 2 amide bonds. The molecule has 0 spiro atoms. The predicted molar refractivity (Wildman–Crippen MR) is 118 cm³/mol. The van der Waals surface area contributed by atoms with Crippen molar-refractivity contribution in [3.05, 3.63) is 53.6 Å². The fraction of sp³-hybridized carbons (Fsp3) is 0.348. The predicted octanol–water partition coefficient (Wildman–Crippen LogP) is 4.76. The van der Waals surface area contributed by atoms with E-state index >= 15 is 0 Å². The summed E-state index contributed by atoms with van der Waals surface area (Å²) in [5.74, 6) is 0.0401. The highest BCUT2D eigenvalue weighted by Crippen LogP contribution is 2.31. The van der Waals surface area contributed by atoms with Crippen LogP contribution in [0.4, 0.5) is 18.9 Å². The molecule has 33 heavy (non-hydrogen) atoms. The molecular weight excluding hydrogens is 439 g/mol. The molecule has 0 fully saturated rings. The van der Waals surface area contributed by atoms with Crippen LogP contribution in [0.15, 0.2) is 47.6 Å². The van der Waals surface area contributed by atoms with E-state index in [-0.39, 0.29) is 24.6 Å². The molecule has 7 nitrogen and oxygen atoms in total. The number of hydrogen-bond acceptors (Lipinski definition) is 5. The van der Waals surface area contributed by atoms with Crippen molar-refractivity contribution < 1.29 is 32.2 Å². The molecule has 0 heterocycles. The normalized spacial score (nSPS) is 11.5. The highest BCUT2D eigenvalue weighted by molar-refractivity contribution is 5.93. The number of nitrogens with zero attached hydrogens (tertiary/aromatic N) is 1. The third-order valence-corrected chi connectivity index (χ3v) is 4.09. The van der Waals surface area contributed by atoms with Gasteiger partial charge in [0.1, 0.15) is 0 Å². The maximum atomic E-state index is 12.7. The molecule has 178 valence electrons. The topological polar surface area (TPSA) is 89.0 Å². The summed E-state index contributed by atoms with van der Waals surface area (Å²) < 4.78 is 49.5. The molecule has 2 N–H and O–H groups in total.